The van der Waals surface area contributed by atoms with Crippen LogP contribution in [-0.2, 0) is 22.5 Å². The highest BCUT2D eigenvalue weighted by molar-refractivity contribution is 6.09. The van der Waals surface area contributed by atoms with Gasteiger partial charge in [-0.1, -0.05) is 70.0 Å². The van der Waals surface area contributed by atoms with Crippen molar-refractivity contribution in [2.45, 2.75) is 71.3 Å². The molecule has 30 heavy (non-hydrogen) atoms. The molecule has 1 unspecified atom stereocenters. The molecule has 4 nitrogen and oxygen atoms in total. The van der Waals surface area contributed by atoms with Crippen LogP contribution in [0.2, 0.25) is 0 Å². The number of carbonyl (C=O) groups is 2. The molecule has 1 aromatic heterocycles. The molecule has 1 aliphatic heterocycles. The number of carbonyl (C=O) groups excluding carboxylic acids is 2. The summed E-state index contributed by atoms with van der Waals surface area (Å²) in [5, 5.41) is 0. The molecule has 0 spiro atoms. The van der Waals surface area contributed by atoms with Gasteiger partial charge < -0.3 is 9.30 Å². The standard InChI is InChI=1S/C26H33NO3/c1-4-7-9-17-30-26(29)22-15-16-27-23(22)18-21(10-8-5-2)24(27)25(28)20-13-11-19(6-3)12-14-20/h6,11-14,18,22H,3-5,7-10,15-17H2,1-2H3. The Labute approximate surface area is 179 Å². The fourth-order valence-corrected chi connectivity index (χ4v) is 4.16. The van der Waals surface area contributed by atoms with Crippen LogP contribution in [0.1, 0.15) is 91.2 Å². The molecule has 160 valence electrons. The molecule has 0 fully saturated rings. The van der Waals surface area contributed by atoms with Gasteiger partial charge in [-0.25, -0.2) is 0 Å². The van der Waals surface area contributed by atoms with E-state index in [1.165, 1.54) is 0 Å². The Morgan fingerprint density at radius 2 is 1.87 bits per heavy atom. The van der Waals surface area contributed by atoms with E-state index in [0.717, 1.165) is 61.0 Å². The van der Waals surface area contributed by atoms with Gasteiger partial charge in [-0.05, 0) is 42.9 Å². The first-order valence-corrected chi connectivity index (χ1v) is 11.3. The zero-order valence-corrected chi connectivity index (χ0v) is 18.3. The fourth-order valence-electron chi connectivity index (χ4n) is 4.16. The number of hydrogen-bond acceptors (Lipinski definition) is 3. The molecule has 2 aromatic rings. The third-order valence-corrected chi connectivity index (χ3v) is 5.91. The largest absolute Gasteiger partial charge is 0.465 e. The fraction of sp³-hybridized carbons (Fsp3) is 0.462. The van der Waals surface area contributed by atoms with Gasteiger partial charge in [0.1, 0.15) is 0 Å². The maximum atomic E-state index is 13.4. The highest BCUT2D eigenvalue weighted by Gasteiger charge is 2.35. The molecule has 0 saturated carbocycles. The Balaban J connectivity index is 1.87. The van der Waals surface area contributed by atoms with Crippen molar-refractivity contribution in [2.24, 2.45) is 0 Å². The Morgan fingerprint density at radius 3 is 2.53 bits per heavy atom. The van der Waals surface area contributed by atoms with Gasteiger partial charge in [0, 0.05) is 17.8 Å². The Hall–Kier alpha value is -2.62. The lowest BCUT2D eigenvalue weighted by Crippen LogP contribution is -2.14. The number of unbranched alkanes of at least 4 members (excludes halogenated alkanes) is 3. The number of ketones is 1. The van der Waals surface area contributed by atoms with Crippen molar-refractivity contribution >= 4 is 17.8 Å². The SMILES string of the molecule is C=Cc1ccc(C(=O)c2c(CCCC)cc3n2CCC3C(=O)OCCCCC)cc1. The van der Waals surface area contributed by atoms with E-state index in [1.807, 2.05) is 24.3 Å². The number of hydrogen-bond donors (Lipinski definition) is 0. The number of ether oxygens (including phenoxy) is 1. The quantitative estimate of drug-likeness (QED) is 0.264. The molecule has 0 bridgehead atoms. The molecule has 0 N–H and O–H groups in total. The van der Waals surface area contributed by atoms with E-state index in [4.69, 9.17) is 4.74 Å². The molecule has 0 aliphatic carbocycles. The van der Waals surface area contributed by atoms with E-state index < -0.39 is 0 Å². The zero-order valence-electron chi connectivity index (χ0n) is 18.3. The molecule has 3 rings (SSSR count). The van der Waals surface area contributed by atoms with Crippen molar-refractivity contribution in [1.29, 1.82) is 0 Å². The molecular formula is C26H33NO3. The van der Waals surface area contributed by atoms with Crippen LogP contribution in [-0.4, -0.2) is 22.9 Å². The number of benzene rings is 1. The van der Waals surface area contributed by atoms with Crippen molar-refractivity contribution in [3.05, 3.63) is 65.0 Å². The van der Waals surface area contributed by atoms with Crippen molar-refractivity contribution < 1.29 is 14.3 Å². The van der Waals surface area contributed by atoms with Crippen molar-refractivity contribution in [2.75, 3.05) is 6.61 Å². The van der Waals surface area contributed by atoms with E-state index in [2.05, 4.69) is 31.1 Å². The highest BCUT2D eigenvalue weighted by atomic mass is 16.5. The van der Waals surface area contributed by atoms with Gasteiger partial charge in [0.05, 0.1) is 18.2 Å². The maximum absolute atomic E-state index is 13.4. The smallest absolute Gasteiger partial charge is 0.315 e. The van der Waals surface area contributed by atoms with Crippen molar-refractivity contribution in [3.8, 4) is 0 Å². The van der Waals surface area contributed by atoms with Gasteiger partial charge in [0.2, 0.25) is 5.78 Å². The average molecular weight is 408 g/mol. The molecule has 0 radical (unpaired) electrons. The van der Waals surface area contributed by atoms with Crippen LogP contribution in [0.3, 0.4) is 0 Å². The first-order chi connectivity index (χ1) is 14.6. The van der Waals surface area contributed by atoms with Gasteiger partial charge in [0.15, 0.2) is 0 Å². The molecule has 4 heteroatoms. The predicted molar refractivity (Wildman–Crippen MR) is 121 cm³/mol. The number of aryl methyl sites for hydroxylation is 1. The normalized spacial score (nSPS) is 15.1. The number of rotatable bonds is 11. The van der Waals surface area contributed by atoms with Crippen LogP contribution in [0.25, 0.3) is 6.08 Å². The maximum Gasteiger partial charge on any atom is 0.315 e. The third kappa shape index (κ3) is 4.75. The van der Waals surface area contributed by atoms with E-state index in [0.29, 0.717) is 25.1 Å². The minimum absolute atomic E-state index is 0.0277. The summed E-state index contributed by atoms with van der Waals surface area (Å²) in [6.07, 6.45) is 8.47. The summed E-state index contributed by atoms with van der Waals surface area (Å²) < 4.78 is 7.60. The van der Waals surface area contributed by atoms with Crippen LogP contribution in [0.15, 0.2) is 36.9 Å². The summed E-state index contributed by atoms with van der Waals surface area (Å²) in [5.74, 6) is -0.393. The summed E-state index contributed by atoms with van der Waals surface area (Å²) in [7, 11) is 0. The van der Waals surface area contributed by atoms with Crippen molar-refractivity contribution in [3.63, 3.8) is 0 Å². The van der Waals surface area contributed by atoms with Crippen LogP contribution < -0.4 is 0 Å². The van der Waals surface area contributed by atoms with Crippen LogP contribution in [0.5, 0.6) is 0 Å². The topological polar surface area (TPSA) is 48.3 Å². The second-order valence-corrected chi connectivity index (χ2v) is 8.07. The molecule has 0 amide bonds. The van der Waals surface area contributed by atoms with E-state index in [-0.39, 0.29) is 17.7 Å². The third-order valence-electron chi connectivity index (χ3n) is 5.91. The van der Waals surface area contributed by atoms with E-state index in [1.54, 1.807) is 6.08 Å². The summed E-state index contributed by atoms with van der Waals surface area (Å²) >= 11 is 0. The van der Waals surface area contributed by atoms with Crippen LogP contribution in [0, 0.1) is 0 Å². The number of aromatic nitrogens is 1. The Bertz CT molecular complexity index is 892. The minimum atomic E-state index is -0.267. The van der Waals surface area contributed by atoms with E-state index >= 15 is 0 Å². The Kier molecular flexibility index (Phi) is 7.67. The molecule has 2 heterocycles. The highest BCUT2D eigenvalue weighted by Crippen LogP contribution is 2.35. The van der Waals surface area contributed by atoms with E-state index in [9.17, 15) is 9.59 Å². The van der Waals surface area contributed by atoms with Gasteiger partial charge in [-0.2, -0.15) is 0 Å². The second-order valence-electron chi connectivity index (χ2n) is 8.07. The summed E-state index contributed by atoms with van der Waals surface area (Å²) in [4.78, 5) is 26.1. The average Bonchev–Trinajstić information content (AvgIpc) is 3.33. The zero-order chi connectivity index (χ0) is 21.5. The lowest BCUT2D eigenvalue weighted by Gasteiger charge is -2.09. The summed E-state index contributed by atoms with van der Waals surface area (Å²) in [6.45, 7) is 9.22. The first-order valence-electron chi connectivity index (χ1n) is 11.3. The molecule has 1 aromatic carbocycles. The lowest BCUT2D eigenvalue weighted by molar-refractivity contribution is -0.145. The van der Waals surface area contributed by atoms with Gasteiger partial charge in [0.25, 0.3) is 0 Å². The van der Waals surface area contributed by atoms with Gasteiger partial charge in [-0.3, -0.25) is 9.59 Å². The van der Waals surface area contributed by atoms with Crippen LogP contribution in [0.4, 0.5) is 0 Å². The predicted octanol–water partition coefficient (Wildman–Crippen LogP) is 5.93. The second kappa shape index (κ2) is 10.4. The van der Waals surface area contributed by atoms with Crippen LogP contribution >= 0.6 is 0 Å². The monoisotopic (exact) mass is 407 g/mol. The van der Waals surface area contributed by atoms with Gasteiger partial charge in [-0.15, -0.1) is 0 Å². The molecular weight excluding hydrogens is 374 g/mol. The summed E-state index contributed by atoms with van der Waals surface area (Å²) in [6, 6.07) is 9.62. The first kappa shape index (κ1) is 22.1. The number of esters is 1. The summed E-state index contributed by atoms with van der Waals surface area (Å²) in [5.41, 5.74) is 4.39. The minimum Gasteiger partial charge on any atom is -0.465 e. The molecule has 1 atom stereocenters. The van der Waals surface area contributed by atoms with Crippen molar-refractivity contribution in [1.82, 2.24) is 4.57 Å². The number of nitrogens with zero attached hydrogens (tertiary/aromatic N) is 1. The number of fused-ring (bicyclic) bond motifs is 1. The molecule has 0 saturated heterocycles. The Morgan fingerprint density at radius 1 is 1.13 bits per heavy atom. The molecule has 1 aliphatic rings. The van der Waals surface area contributed by atoms with Gasteiger partial charge >= 0.3 is 5.97 Å². The lowest BCUT2D eigenvalue weighted by atomic mass is 9.99.